The Kier molecular flexibility index (Phi) is 3.70. The highest BCUT2D eigenvalue weighted by Crippen LogP contribution is 2.40. The molecule has 30 heavy (non-hydrogen) atoms. The maximum atomic E-state index is 13.0. The average Bonchev–Trinajstić information content (AvgIpc) is 3.35. The fraction of sp³-hybridized carbons (Fsp3) is 0.182. The van der Waals surface area contributed by atoms with E-state index in [2.05, 4.69) is 15.1 Å². The third-order valence-corrected chi connectivity index (χ3v) is 5.36. The largest absolute Gasteiger partial charge is 0.420 e. The van der Waals surface area contributed by atoms with E-state index in [1.165, 1.54) is 0 Å². The number of imidazole rings is 1. The molecule has 4 aromatic rings. The molecule has 2 aromatic heterocycles. The number of anilines is 1. The van der Waals surface area contributed by atoms with E-state index in [0.717, 1.165) is 35.7 Å². The van der Waals surface area contributed by atoms with Gasteiger partial charge in [0.15, 0.2) is 11.5 Å². The predicted molar refractivity (Wildman–Crippen MR) is 107 cm³/mol. The molecule has 1 saturated carbocycles. The quantitative estimate of drug-likeness (QED) is 0.510. The van der Waals surface area contributed by atoms with E-state index >= 15 is 0 Å². The first kappa shape index (κ1) is 17.0. The van der Waals surface area contributed by atoms with E-state index in [4.69, 9.17) is 9.26 Å². The van der Waals surface area contributed by atoms with Crippen molar-refractivity contribution < 1.29 is 14.1 Å². The number of para-hydroxylation sites is 3. The molecule has 0 radical (unpaired) electrons. The molecule has 6 rings (SSSR count). The zero-order valence-corrected chi connectivity index (χ0v) is 15.9. The average molecular weight is 399 g/mol. The van der Waals surface area contributed by atoms with Crippen LogP contribution in [-0.4, -0.2) is 25.8 Å². The summed E-state index contributed by atoms with van der Waals surface area (Å²) in [6.07, 6.45) is 3.44. The molecule has 1 fully saturated rings. The van der Waals surface area contributed by atoms with Crippen LogP contribution < -0.4 is 9.64 Å². The fourth-order valence-electron chi connectivity index (χ4n) is 3.69. The molecule has 2 aliphatic rings. The molecule has 1 aliphatic carbocycles. The molecule has 3 heterocycles. The van der Waals surface area contributed by atoms with Gasteiger partial charge >= 0.3 is 6.09 Å². The third-order valence-electron chi connectivity index (χ3n) is 5.36. The molecule has 0 atom stereocenters. The van der Waals surface area contributed by atoms with Crippen LogP contribution in [0.5, 0.6) is 5.75 Å². The van der Waals surface area contributed by atoms with E-state index in [1.807, 2.05) is 47.0 Å². The third kappa shape index (κ3) is 2.76. The monoisotopic (exact) mass is 399 g/mol. The van der Waals surface area contributed by atoms with Gasteiger partial charge in [-0.25, -0.2) is 9.78 Å². The first-order valence-corrected chi connectivity index (χ1v) is 9.82. The second-order valence-corrected chi connectivity index (χ2v) is 7.40. The first-order valence-electron chi connectivity index (χ1n) is 9.82. The number of nitrogens with zero attached hydrogens (tertiary/aromatic N) is 5. The van der Waals surface area contributed by atoms with E-state index in [9.17, 15) is 4.79 Å². The Balaban J connectivity index is 1.39. The Morgan fingerprint density at radius 1 is 1.03 bits per heavy atom. The molecule has 0 N–H and O–H groups in total. The van der Waals surface area contributed by atoms with Gasteiger partial charge in [0.2, 0.25) is 0 Å². The van der Waals surface area contributed by atoms with Crippen LogP contribution in [-0.2, 0) is 6.54 Å². The zero-order valence-electron chi connectivity index (χ0n) is 15.9. The summed E-state index contributed by atoms with van der Waals surface area (Å²) in [5, 5.41) is 4.10. The lowest BCUT2D eigenvalue weighted by Crippen LogP contribution is -2.37. The highest BCUT2D eigenvalue weighted by atomic mass is 16.6. The van der Waals surface area contributed by atoms with Gasteiger partial charge in [-0.2, -0.15) is 4.98 Å². The van der Waals surface area contributed by atoms with E-state index < -0.39 is 6.09 Å². The second kappa shape index (κ2) is 6.55. The maximum Gasteiger partial charge on any atom is 0.420 e. The number of ether oxygens (including phenoxy) is 1. The number of aromatic nitrogens is 4. The Morgan fingerprint density at radius 2 is 1.80 bits per heavy atom. The summed E-state index contributed by atoms with van der Waals surface area (Å²) >= 11 is 0. The van der Waals surface area contributed by atoms with Crippen molar-refractivity contribution in [2.45, 2.75) is 25.3 Å². The van der Waals surface area contributed by atoms with Gasteiger partial charge < -0.3 is 9.26 Å². The molecule has 1 aliphatic heterocycles. The summed E-state index contributed by atoms with van der Waals surface area (Å²) in [6, 6.07) is 16.7. The van der Waals surface area contributed by atoms with Crippen LogP contribution >= 0.6 is 0 Å². The Bertz CT molecular complexity index is 1240. The van der Waals surface area contributed by atoms with E-state index in [-0.39, 0.29) is 6.54 Å². The van der Waals surface area contributed by atoms with Gasteiger partial charge in [-0.1, -0.05) is 35.5 Å². The molecular weight excluding hydrogens is 382 g/mol. The smallest absolute Gasteiger partial charge is 0.410 e. The van der Waals surface area contributed by atoms with Gasteiger partial charge in [-0.3, -0.25) is 9.47 Å². The number of hydrogen-bond donors (Lipinski definition) is 0. The van der Waals surface area contributed by atoms with Crippen molar-refractivity contribution in [3.05, 3.63) is 72.4 Å². The van der Waals surface area contributed by atoms with Gasteiger partial charge in [0.05, 0.1) is 23.6 Å². The van der Waals surface area contributed by atoms with Crippen LogP contribution in [0.15, 0.2) is 65.4 Å². The number of fused-ring (bicyclic) bond motifs is 3. The lowest BCUT2D eigenvalue weighted by molar-refractivity contribution is 0.207. The minimum atomic E-state index is -0.462. The molecule has 1 amide bonds. The van der Waals surface area contributed by atoms with Gasteiger partial charge in [0.1, 0.15) is 12.1 Å². The summed E-state index contributed by atoms with van der Waals surface area (Å²) in [4.78, 5) is 23.7. The van der Waals surface area contributed by atoms with Crippen molar-refractivity contribution >= 4 is 11.8 Å². The normalized spacial score (nSPS) is 14.9. The Morgan fingerprint density at radius 3 is 2.60 bits per heavy atom. The second-order valence-electron chi connectivity index (χ2n) is 7.40. The summed E-state index contributed by atoms with van der Waals surface area (Å²) in [5.74, 6) is 1.98. The van der Waals surface area contributed by atoms with Crippen LogP contribution in [0.4, 0.5) is 10.5 Å². The van der Waals surface area contributed by atoms with Crippen LogP contribution in [0, 0.1) is 0 Å². The van der Waals surface area contributed by atoms with Crippen molar-refractivity contribution in [2.24, 2.45) is 0 Å². The zero-order chi connectivity index (χ0) is 20.1. The van der Waals surface area contributed by atoms with Gasteiger partial charge in [-0.15, -0.1) is 0 Å². The number of carbonyl (C=O) groups is 1. The summed E-state index contributed by atoms with van der Waals surface area (Å²) < 4.78 is 13.0. The van der Waals surface area contributed by atoms with Gasteiger partial charge in [-0.05, 0) is 37.1 Å². The standard InChI is InChI=1S/C22H17N5O3/c28-22(29-15-6-2-1-3-7-15)26-12-18-19(21-24-20(25-30-21)14-10-11-14)23-13-27(18)17-9-5-4-8-16(17)26/h1-9,13-14H,10-12H2. The van der Waals surface area contributed by atoms with Crippen molar-refractivity contribution in [3.63, 3.8) is 0 Å². The first-order chi connectivity index (χ1) is 14.8. The fourth-order valence-corrected chi connectivity index (χ4v) is 3.69. The molecule has 0 bridgehead atoms. The van der Waals surface area contributed by atoms with Crippen LogP contribution in [0.25, 0.3) is 17.3 Å². The molecule has 0 spiro atoms. The number of amides is 1. The van der Waals surface area contributed by atoms with Crippen molar-refractivity contribution in [1.82, 2.24) is 19.7 Å². The molecule has 0 unspecified atom stereocenters. The maximum absolute atomic E-state index is 13.0. The number of hydrogen-bond acceptors (Lipinski definition) is 6. The van der Waals surface area contributed by atoms with Crippen molar-refractivity contribution in [3.8, 4) is 23.0 Å². The number of carbonyl (C=O) groups excluding carboxylic acids is 1. The molecular formula is C22H17N5O3. The van der Waals surface area contributed by atoms with Crippen LogP contribution in [0.2, 0.25) is 0 Å². The lowest BCUT2D eigenvalue weighted by atomic mass is 10.1. The van der Waals surface area contributed by atoms with E-state index in [1.54, 1.807) is 23.4 Å². The van der Waals surface area contributed by atoms with Crippen LogP contribution in [0.3, 0.4) is 0 Å². The summed E-state index contributed by atoms with van der Waals surface area (Å²) in [7, 11) is 0. The predicted octanol–water partition coefficient (Wildman–Crippen LogP) is 4.32. The summed E-state index contributed by atoms with van der Waals surface area (Å²) in [6.45, 7) is 0.277. The SMILES string of the molecule is O=C(Oc1ccccc1)N1Cc2c(-c3nc(C4CC4)no3)ncn2-c2ccccc21. The molecule has 148 valence electrons. The van der Waals surface area contributed by atoms with Gasteiger partial charge in [0.25, 0.3) is 5.89 Å². The highest BCUT2D eigenvalue weighted by molar-refractivity contribution is 5.93. The Labute approximate surface area is 171 Å². The highest BCUT2D eigenvalue weighted by Gasteiger charge is 2.33. The molecule has 8 heteroatoms. The minimum Gasteiger partial charge on any atom is -0.410 e. The number of benzene rings is 2. The van der Waals surface area contributed by atoms with E-state index in [0.29, 0.717) is 23.3 Å². The molecule has 2 aromatic carbocycles. The number of rotatable bonds is 3. The molecule has 8 nitrogen and oxygen atoms in total. The van der Waals surface area contributed by atoms with Crippen LogP contribution in [0.1, 0.15) is 30.3 Å². The summed E-state index contributed by atoms with van der Waals surface area (Å²) in [5.41, 5.74) is 2.97. The lowest BCUT2D eigenvalue weighted by Gasteiger charge is -2.29. The molecule has 0 saturated heterocycles. The Hall–Kier alpha value is -3.94. The topological polar surface area (TPSA) is 86.3 Å². The minimum absolute atomic E-state index is 0.277. The van der Waals surface area contributed by atoms with Gasteiger partial charge in [0, 0.05) is 5.92 Å². The van der Waals surface area contributed by atoms with Crippen molar-refractivity contribution in [2.75, 3.05) is 4.90 Å². The van der Waals surface area contributed by atoms with Crippen molar-refractivity contribution in [1.29, 1.82) is 0 Å².